The van der Waals surface area contributed by atoms with Crippen molar-refractivity contribution in [3.8, 4) is 11.5 Å². The van der Waals surface area contributed by atoms with Crippen LogP contribution in [0.15, 0.2) is 46.2 Å². The number of ether oxygens (including phenoxy) is 2. The lowest BCUT2D eigenvalue weighted by Crippen LogP contribution is -2.21. The molecule has 1 atom stereocenters. The van der Waals surface area contributed by atoms with Crippen LogP contribution in [0.4, 0.5) is 0 Å². The molecule has 10 heteroatoms. The van der Waals surface area contributed by atoms with Gasteiger partial charge < -0.3 is 9.47 Å². The van der Waals surface area contributed by atoms with Gasteiger partial charge in [0.05, 0.1) is 38.8 Å². The smallest absolute Gasteiger partial charge is 0.206 e. The van der Waals surface area contributed by atoms with Gasteiger partial charge in [0.2, 0.25) is 9.84 Å². The van der Waals surface area contributed by atoms with Crippen LogP contribution in [-0.2, 0) is 19.7 Å². The lowest BCUT2D eigenvalue weighted by atomic mass is 10.2. The molecule has 0 unspecified atom stereocenters. The summed E-state index contributed by atoms with van der Waals surface area (Å²) in [5.74, 6) is 0.457. The SMILES string of the molecule is CCCCOc1ccc(S(=O)(=O)c2cc(Cl)c(OC[C@H](C)CS(=O)(=O)CC)c(Cl)c2)cc1. The van der Waals surface area contributed by atoms with Crippen molar-refractivity contribution in [2.24, 2.45) is 5.92 Å². The maximum atomic E-state index is 13.0. The van der Waals surface area contributed by atoms with Gasteiger partial charge in [-0.15, -0.1) is 0 Å². The number of unbranched alkanes of at least 4 members (excludes halogenated alkanes) is 1. The molecule has 2 rings (SSSR count). The van der Waals surface area contributed by atoms with Gasteiger partial charge in [-0.3, -0.25) is 0 Å². The van der Waals surface area contributed by atoms with E-state index in [1.165, 1.54) is 24.3 Å². The average molecular weight is 524 g/mol. The van der Waals surface area contributed by atoms with Crippen molar-refractivity contribution < 1.29 is 26.3 Å². The molecule has 32 heavy (non-hydrogen) atoms. The second kappa shape index (κ2) is 11.6. The second-order valence-corrected chi connectivity index (χ2v) is 12.7. The van der Waals surface area contributed by atoms with Gasteiger partial charge in [-0.05, 0) is 42.8 Å². The van der Waals surface area contributed by atoms with Gasteiger partial charge in [-0.2, -0.15) is 0 Å². The summed E-state index contributed by atoms with van der Waals surface area (Å²) in [6.07, 6.45) is 1.92. The maximum absolute atomic E-state index is 13.0. The van der Waals surface area contributed by atoms with Crippen molar-refractivity contribution in [2.75, 3.05) is 24.7 Å². The molecule has 0 aromatic heterocycles. The van der Waals surface area contributed by atoms with Crippen molar-refractivity contribution in [3.05, 3.63) is 46.4 Å². The Kier molecular flexibility index (Phi) is 9.69. The summed E-state index contributed by atoms with van der Waals surface area (Å²) in [4.78, 5) is 0.0145. The van der Waals surface area contributed by atoms with E-state index >= 15 is 0 Å². The lowest BCUT2D eigenvalue weighted by Gasteiger charge is -2.16. The second-order valence-electron chi connectivity index (χ2n) is 7.51. The Balaban J connectivity index is 2.17. The molecule has 6 nitrogen and oxygen atoms in total. The fourth-order valence-corrected chi connectivity index (χ4v) is 6.08. The highest BCUT2D eigenvalue weighted by Gasteiger charge is 2.22. The molecule has 2 aromatic rings. The van der Waals surface area contributed by atoms with E-state index in [0.29, 0.717) is 12.4 Å². The first-order valence-electron chi connectivity index (χ1n) is 10.3. The minimum Gasteiger partial charge on any atom is -0.494 e. The molecule has 0 saturated heterocycles. The summed E-state index contributed by atoms with van der Waals surface area (Å²) >= 11 is 12.5. The predicted octanol–water partition coefficient (Wildman–Crippen LogP) is 5.45. The first-order valence-corrected chi connectivity index (χ1v) is 14.4. The number of halogens is 2. The van der Waals surface area contributed by atoms with Crippen LogP contribution in [0.5, 0.6) is 11.5 Å². The predicted molar refractivity (Wildman–Crippen MR) is 128 cm³/mol. The van der Waals surface area contributed by atoms with Crippen molar-refractivity contribution in [3.63, 3.8) is 0 Å². The normalized spacial score (nSPS) is 13.0. The van der Waals surface area contributed by atoms with Crippen LogP contribution >= 0.6 is 23.2 Å². The fourth-order valence-electron chi connectivity index (χ4n) is 2.84. The van der Waals surface area contributed by atoms with Gasteiger partial charge in [-0.25, -0.2) is 16.8 Å². The van der Waals surface area contributed by atoms with E-state index in [1.807, 2.05) is 0 Å². The van der Waals surface area contributed by atoms with E-state index in [1.54, 1.807) is 26.0 Å². The lowest BCUT2D eigenvalue weighted by molar-refractivity contribution is 0.272. The molecule has 0 aliphatic heterocycles. The van der Waals surface area contributed by atoms with Crippen LogP contribution in [0.25, 0.3) is 0 Å². The van der Waals surface area contributed by atoms with Crippen LogP contribution in [0.3, 0.4) is 0 Å². The first kappa shape index (κ1) is 26.8. The summed E-state index contributed by atoms with van der Waals surface area (Å²) < 4.78 is 60.7. The summed E-state index contributed by atoms with van der Waals surface area (Å²) in [5.41, 5.74) is 0. The van der Waals surface area contributed by atoms with Gasteiger partial charge in [-0.1, -0.05) is 50.4 Å². The highest BCUT2D eigenvalue weighted by atomic mass is 35.5. The summed E-state index contributed by atoms with van der Waals surface area (Å²) in [6.45, 7) is 6.03. The Hall–Kier alpha value is -1.48. The molecule has 0 spiro atoms. The number of rotatable bonds is 12. The Bertz CT molecular complexity index is 1090. The molecule has 0 radical (unpaired) electrons. The molecule has 0 amide bonds. The van der Waals surface area contributed by atoms with E-state index in [4.69, 9.17) is 32.7 Å². The van der Waals surface area contributed by atoms with Gasteiger partial charge in [0.15, 0.2) is 5.75 Å². The van der Waals surface area contributed by atoms with Crippen LogP contribution in [0.2, 0.25) is 10.0 Å². The van der Waals surface area contributed by atoms with Crippen LogP contribution in [0.1, 0.15) is 33.6 Å². The topological polar surface area (TPSA) is 86.7 Å². The molecule has 0 aliphatic rings. The molecular weight excluding hydrogens is 495 g/mol. The first-order chi connectivity index (χ1) is 15.0. The monoisotopic (exact) mass is 522 g/mol. The van der Waals surface area contributed by atoms with Crippen molar-refractivity contribution in [2.45, 2.75) is 43.4 Å². The molecule has 0 saturated carbocycles. The third-order valence-corrected chi connectivity index (χ3v) is 8.94. The maximum Gasteiger partial charge on any atom is 0.206 e. The quantitative estimate of drug-likeness (QED) is 0.344. The van der Waals surface area contributed by atoms with Gasteiger partial charge in [0.1, 0.15) is 15.6 Å². The zero-order valence-corrected chi connectivity index (χ0v) is 21.5. The van der Waals surface area contributed by atoms with Crippen molar-refractivity contribution in [1.29, 1.82) is 0 Å². The average Bonchev–Trinajstić information content (AvgIpc) is 2.73. The summed E-state index contributed by atoms with van der Waals surface area (Å²) in [7, 11) is -7.00. The number of hydrogen-bond acceptors (Lipinski definition) is 6. The van der Waals surface area contributed by atoms with Crippen molar-refractivity contribution >= 4 is 42.9 Å². The van der Waals surface area contributed by atoms with Crippen molar-refractivity contribution in [1.82, 2.24) is 0 Å². The van der Waals surface area contributed by atoms with Gasteiger partial charge >= 0.3 is 0 Å². The summed E-state index contributed by atoms with van der Waals surface area (Å²) in [6, 6.07) is 8.70. The number of hydrogen-bond donors (Lipinski definition) is 0. The molecule has 178 valence electrons. The van der Waals surface area contributed by atoms with E-state index in [2.05, 4.69) is 6.92 Å². The summed E-state index contributed by atoms with van der Waals surface area (Å²) in [5, 5.41) is 0.0577. The van der Waals surface area contributed by atoms with Gasteiger partial charge in [0.25, 0.3) is 0 Å². The van der Waals surface area contributed by atoms with E-state index < -0.39 is 19.7 Å². The largest absolute Gasteiger partial charge is 0.494 e. The Morgan fingerprint density at radius 2 is 1.50 bits per heavy atom. The zero-order chi connectivity index (χ0) is 23.9. The van der Waals surface area contributed by atoms with Gasteiger partial charge in [0, 0.05) is 11.7 Å². The Labute approximate surface area is 200 Å². The number of sulfone groups is 2. The van der Waals surface area contributed by atoms with E-state index in [9.17, 15) is 16.8 Å². The van der Waals surface area contributed by atoms with Crippen LogP contribution < -0.4 is 9.47 Å². The molecule has 0 heterocycles. The standard InChI is InChI=1S/C22H28Cl2O6S2/c1-4-6-11-29-17-7-9-18(10-8-17)32(27,28)19-12-20(23)22(21(24)13-19)30-14-16(3)15-31(25,26)5-2/h7-10,12-13,16H,4-6,11,14-15H2,1-3H3/t16-/m0/s1. The highest BCUT2D eigenvalue weighted by Crippen LogP contribution is 2.37. The minimum atomic E-state index is -3.86. The molecule has 0 bridgehead atoms. The number of benzene rings is 2. The van der Waals surface area contributed by atoms with E-state index in [0.717, 1.165) is 12.8 Å². The van der Waals surface area contributed by atoms with E-state index in [-0.39, 0.29) is 49.6 Å². The molecule has 0 fully saturated rings. The Morgan fingerprint density at radius 1 is 0.906 bits per heavy atom. The third-order valence-electron chi connectivity index (χ3n) is 4.67. The Morgan fingerprint density at radius 3 is 2.03 bits per heavy atom. The van der Waals surface area contributed by atoms with Crippen LogP contribution in [-0.4, -0.2) is 41.6 Å². The fraction of sp³-hybridized carbons (Fsp3) is 0.455. The zero-order valence-electron chi connectivity index (χ0n) is 18.3. The molecule has 0 N–H and O–H groups in total. The van der Waals surface area contributed by atoms with Crippen LogP contribution in [0, 0.1) is 5.92 Å². The third kappa shape index (κ3) is 7.27. The molecule has 0 aliphatic carbocycles. The minimum absolute atomic E-state index is 0.0244. The molecule has 2 aromatic carbocycles. The highest BCUT2D eigenvalue weighted by molar-refractivity contribution is 7.91. The molecular formula is C22H28Cl2O6S2.